The van der Waals surface area contributed by atoms with E-state index in [4.69, 9.17) is 46.4 Å². The Bertz CT molecular complexity index is 1150. The molecule has 0 aliphatic heterocycles. The van der Waals surface area contributed by atoms with E-state index in [9.17, 15) is 4.79 Å². The predicted octanol–water partition coefficient (Wildman–Crippen LogP) is 7.38. The molecule has 0 spiro atoms. The molecule has 0 atom stereocenters. The van der Waals surface area contributed by atoms with Crippen LogP contribution in [0.2, 0.25) is 20.1 Å². The van der Waals surface area contributed by atoms with Crippen molar-refractivity contribution in [2.75, 3.05) is 5.32 Å². The van der Waals surface area contributed by atoms with E-state index < -0.39 is 0 Å². The fraction of sp³-hybridized carbons (Fsp3) is 0. The Morgan fingerprint density at radius 2 is 1.72 bits per heavy atom. The van der Waals surface area contributed by atoms with Gasteiger partial charge in [-0.3, -0.25) is 10.1 Å². The van der Waals surface area contributed by atoms with Gasteiger partial charge in [0.1, 0.15) is 4.88 Å². The highest BCUT2D eigenvalue weighted by molar-refractivity contribution is 7.23. The average molecular weight is 448 g/mol. The summed E-state index contributed by atoms with van der Waals surface area (Å²) in [5.74, 6) is -0.344. The van der Waals surface area contributed by atoms with E-state index >= 15 is 0 Å². The molecule has 1 amide bonds. The summed E-state index contributed by atoms with van der Waals surface area (Å²) in [5.41, 5.74) is 0.766. The number of anilines is 1. The summed E-state index contributed by atoms with van der Waals surface area (Å²) in [6.07, 6.45) is 0. The highest BCUT2D eigenvalue weighted by Gasteiger charge is 2.20. The van der Waals surface area contributed by atoms with Gasteiger partial charge in [-0.15, -0.1) is 11.3 Å². The fourth-order valence-corrected chi connectivity index (χ4v) is 5.77. The quantitative estimate of drug-likeness (QED) is 0.348. The molecule has 25 heavy (non-hydrogen) atoms. The first-order valence-corrected chi connectivity index (χ1v) is 10.0. The number of benzene rings is 2. The lowest BCUT2D eigenvalue weighted by Crippen LogP contribution is -2.10. The number of carbonyl (C=O) groups is 1. The highest BCUT2D eigenvalue weighted by atomic mass is 35.5. The molecule has 3 nitrogen and oxygen atoms in total. The summed E-state index contributed by atoms with van der Waals surface area (Å²) >= 11 is 27.1. The summed E-state index contributed by atoms with van der Waals surface area (Å²) in [5, 5.41) is 5.71. The maximum absolute atomic E-state index is 12.6. The molecular weight excluding hydrogens is 442 g/mol. The van der Waals surface area contributed by atoms with E-state index in [2.05, 4.69) is 10.3 Å². The number of amides is 1. The van der Waals surface area contributed by atoms with Gasteiger partial charge in [-0.05, 0) is 30.3 Å². The van der Waals surface area contributed by atoms with Crippen LogP contribution in [0.15, 0.2) is 30.3 Å². The van der Waals surface area contributed by atoms with Crippen molar-refractivity contribution in [3.8, 4) is 0 Å². The third-order valence-electron chi connectivity index (χ3n) is 3.43. The number of halogens is 4. The minimum absolute atomic E-state index is 0.309. The monoisotopic (exact) mass is 446 g/mol. The molecule has 2 heterocycles. The second-order valence-electron chi connectivity index (χ2n) is 5.09. The van der Waals surface area contributed by atoms with Gasteiger partial charge >= 0.3 is 0 Å². The Hall–Kier alpha value is -1.08. The molecule has 2 aromatic heterocycles. The molecule has 0 fully saturated rings. The van der Waals surface area contributed by atoms with E-state index in [1.54, 1.807) is 30.3 Å². The molecule has 0 saturated heterocycles. The van der Waals surface area contributed by atoms with Crippen LogP contribution in [0.3, 0.4) is 0 Å². The number of fused-ring (bicyclic) bond motifs is 2. The number of hydrogen-bond donors (Lipinski definition) is 1. The lowest BCUT2D eigenvalue weighted by molar-refractivity contribution is 0.103. The van der Waals surface area contributed by atoms with Crippen molar-refractivity contribution in [3.63, 3.8) is 0 Å². The summed E-state index contributed by atoms with van der Waals surface area (Å²) < 4.78 is 1.64. The molecule has 126 valence electrons. The SMILES string of the molecule is O=C(Nc1nc2ccc(Cl)cc2s1)c1sc2cc(Cl)cc(Cl)c2c1Cl. The maximum atomic E-state index is 12.6. The number of rotatable bonds is 2. The molecule has 4 rings (SSSR count). The van der Waals surface area contributed by atoms with Crippen molar-refractivity contribution in [2.24, 2.45) is 0 Å². The Balaban J connectivity index is 1.71. The van der Waals surface area contributed by atoms with Crippen LogP contribution >= 0.6 is 69.1 Å². The molecule has 0 bridgehead atoms. The van der Waals surface area contributed by atoms with E-state index in [1.165, 1.54) is 22.7 Å². The van der Waals surface area contributed by atoms with Crippen molar-refractivity contribution in [1.82, 2.24) is 4.98 Å². The fourth-order valence-electron chi connectivity index (χ4n) is 2.36. The van der Waals surface area contributed by atoms with E-state index in [0.29, 0.717) is 35.5 Å². The number of carbonyl (C=O) groups excluding carboxylic acids is 1. The van der Waals surface area contributed by atoms with Gasteiger partial charge in [0.25, 0.3) is 5.91 Å². The van der Waals surface area contributed by atoms with E-state index in [1.807, 2.05) is 0 Å². The highest BCUT2D eigenvalue weighted by Crippen LogP contribution is 2.41. The minimum Gasteiger partial charge on any atom is -0.297 e. The number of thiophene rings is 1. The average Bonchev–Trinajstić information content (AvgIpc) is 3.07. The largest absolute Gasteiger partial charge is 0.297 e. The number of nitrogens with zero attached hydrogens (tertiary/aromatic N) is 1. The third-order valence-corrected chi connectivity index (χ3v) is 6.74. The van der Waals surface area contributed by atoms with E-state index in [-0.39, 0.29) is 5.91 Å². The molecule has 0 aliphatic rings. The number of hydrogen-bond acceptors (Lipinski definition) is 4. The van der Waals surface area contributed by atoms with Gasteiger partial charge < -0.3 is 0 Å². The topological polar surface area (TPSA) is 42.0 Å². The molecule has 0 radical (unpaired) electrons. The normalized spacial score (nSPS) is 11.4. The Morgan fingerprint density at radius 1 is 0.960 bits per heavy atom. The lowest BCUT2D eigenvalue weighted by Gasteiger charge is -1.99. The molecule has 0 aliphatic carbocycles. The Morgan fingerprint density at radius 3 is 2.52 bits per heavy atom. The van der Waals surface area contributed by atoms with Crippen LogP contribution in [0.1, 0.15) is 9.67 Å². The first-order valence-electron chi connectivity index (χ1n) is 6.87. The van der Waals surface area contributed by atoms with E-state index in [0.717, 1.165) is 14.9 Å². The lowest BCUT2D eigenvalue weighted by atomic mass is 10.2. The first-order chi connectivity index (χ1) is 11.9. The van der Waals surface area contributed by atoms with Gasteiger partial charge in [-0.2, -0.15) is 0 Å². The zero-order chi connectivity index (χ0) is 17.7. The van der Waals surface area contributed by atoms with Crippen LogP contribution < -0.4 is 5.32 Å². The van der Waals surface area contributed by atoms with Crippen LogP contribution in [-0.4, -0.2) is 10.9 Å². The second kappa shape index (κ2) is 6.58. The maximum Gasteiger partial charge on any atom is 0.269 e. The van der Waals surface area contributed by atoms with Crippen molar-refractivity contribution in [3.05, 3.63) is 55.3 Å². The summed E-state index contributed by atoms with van der Waals surface area (Å²) in [6.45, 7) is 0. The molecule has 4 aromatic rings. The van der Waals surface area contributed by atoms with Crippen LogP contribution in [0.25, 0.3) is 20.3 Å². The summed E-state index contributed by atoms with van der Waals surface area (Å²) in [7, 11) is 0. The van der Waals surface area contributed by atoms with Crippen LogP contribution in [0.5, 0.6) is 0 Å². The predicted molar refractivity (Wildman–Crippen MR) is 109 cm³/mol. The molecule has 0 unspecified atom stereocenters. The van der Waals surface area contributed by atoms with Crippen molar-refractivity contribution >= 4 is 100 Å². The molecule has 0 saturated carbocycles. The molecule has 1 N–H and O–H groups in total. The van der Waals surface area contributed by atoms with Gasteiger partial charge in [0.15, 0.2) is 5.13 Å². The summed E-state index contributed by atoms with van der Waals surface area (Å²) in [4.78, 5) is 17.4. The standard InChI is InChI=1S/C16H6Cl4N2OS2/c17-6-1-2-9-10(4-6)25-16(21-9)22-15(23)14-13(20)12-8(19)3-7(18)5-11(12)24-14/h1-5H,(H,21,22,23). The Labute approximate surface area is 170 Å². The minimum atomic E-state index is -0.344. The number of nitrogens with one attached hydrogen (secondary N) is 1. The van der Waals surface area contributed by atoms with Crippen LogP contribution in [0.4, 0.5) is 5.13 Å². The van der Waals surface area contributed by atoms with Crippen molar-refractivity contribution < 1.29 is 4.79 Å². The van der Waals surface area contributed by atoms with Crippen molar-refractivity contribution in [1.29, 1.82) is 0 Å². The van der Waals surface area contributed by atoms with Gasteiger partial charge in [0, 0.05) is 20.1 Å². The first kappa shape index (κ1) is 17.3. The molecule has 2 aromatic carbocycles. The molecular formula is C16H6Cl4N2OS2. The van der Waals surface area contributed by atoms with Gasteiger partial charge in [0.05, 0.1) is 20.3 Å². The van der Waals surface area contributed by atoms with Gasteiger partial charge in [0.2, 0.25) is 0 Å². The number of aromatic nitrogens is 1. The Kier molecular flexibility index (Phi) is 4.56. The zero-order valence-corrected chi connectivity index (χ0v) is 16.7. The smallest absolute Gasteiger partial charge is 0.269 e. The van der Waals surface area contributed by atoms with Gasteiger partial charge in [-0.25, -0.2) is 4.98 Å². The molecule has 9 heteroatoms. The van der Waals surface area contributed by atoms with Crippen LogP contribution in [0, 0.1) is 0 Å². The number of thiazole rings is 1. The van der Waals surface area contributed by atoms with Gasteiger partial charge in [-0.1, -0.05) is 57.7 Å². The van der Waals surface area contributed by atoms with Crippen LogP contribution in [-0.2, 0) is 0 Å². The zero-order valence-electron chi connectivity index (χ0n) is 12.1. The third kappa shape index (κ3) is 3.21. The summed E-state index contributed by atoms with van der Waals surface area (Å²) in [6, 6.07) is 8.69. The second-order valence-corrected chi connectivity index (χ2v) is 8.83. The van der Waals surface area contributed by atoms with Crippen molar-refractivity contribution in [2.45, 2.75) is 0 Å².